The van der Waals surface area contributed by atoms with Gasteiger partial charge in [0.15, 0.2) is 0 Å². The maximum absolute atomic E-state index is 13.8. The van der Waals surface area contributed by atoms with E-state index in [1.54, 1.807) is 6.92 Å². The second kappa shape index (κ2) is 5.27. The summed E-state index contributed by atoms with van der Waals surface area (Å²) in [6.45, 7) is 5.79. The predicted molar refractivity (Wildman–Crippen MR) is 60.1 cm³/mol. The summed E-state index contributed by atoms with van der Waals surface area (Å²) in [7, 11) is 0. The van der Waals surface area contributed by atoms with Crippen LogP contribution < -0.4 is 0 Å². The average Bonchev–Trinajstić information content (AvgIpc) is 2.28. The molecule has 3 atom stereocenters. The van der Waals surface area contributed by atoms with Gasteiger partial charge < -0.3 is 0 Å². The number of hydrogen-bond donors (Lipinski definition) is 0. The van der Waals surface area contributed by atoms with Crippen molar-refractivity contribution in [1.29, 1.82) is 0 Å². The van der Waals surface area contributed by atoms with Gasteiger partial charge in [0.05, 0.1) is 0 Å². The third-order valence-corrected chi connectivity index (χ3v) is 4.22. The third kappa shape index (κ3) is 2.92. The molecule has 1 aliphatic carbocycles. The van der Waals surface area contributed by atoms with Gasteiger partial charge in [0.25, 0.3) is 5.92 Å². The lowest BCUT2D eigenvalue weighted by Crippen LogP contribution is -2.38. The van der Waals surface area contributed by atoms with Crippen LogP contribution >= 0.6 is 0 Å². The number of alkyl halides is 2. The number of rotatable bonds is 4. The van der Waals surface area contributed by atoms with Crippen LogP contribution in [0.25, 0.3) is 0 Å². The Labute approximate surface area is 92.4 Å². The van der Waals surface area contributed by atoms with Crippen molar-refractivity contribution in [3.63, 3.8) is 0 Å². The first-order chi connectivity index (χ1) is 7.05. The molecule has 2 unspecified atom stereocenters. The molecule has 0 bridgehead atoms. The molecule has 15 heavy (non-hydrogen) atoms. The summed E-state index contributed by atoms with van der Waals surface area (Å²) in [6, 6.07) is 0. The lowest BCUT2D eigenvalue weighted by atomic mass is 9.69. The predicted octanol–water partition coefficient (Wildman–Crippen LogP) is 4.88. The van der Waals surface area contributed by atoms with E-state index in [1.165, 1.54) is 0 Å². The normalized spacial score (nSPS) is 33.0. The van der Waals surface area contributed by atoms with E-state index in [-0.39, 0.29) is 18.3 Å². The van der Waals surface area contributed by atoms with Gasteiger partial charge in [-0.1, -0.05) is 40.0 Å². The van der Waals surface area contributed by atoms with E-state index >= 15 is 0 Å². The first-order valence-corrected chi connectivity index (χ1v) is 6.42. The van der Waals surface area contributed by atoms with Gasteiger partial charge in [-0.3, -0.25) is 0 Å². The van der Waals surface area contributed by atoms with Crippen molar-refractivity contribution in [2.24, 2.45) is 17.8 Å². The fourth-order valence-electron chi connectivity index (χ4n) is 2.96. The second-order valence-corrected chi connectivity index (χ2v) is 4.98. The zero-order valence-corrected chi connectivity index (χ0v) is 10.2. The molecule has 0 spiro atoms. The van der Waals surface area contributed by atoms with Crippen molar-refractivity contribution in [2.75, 3.05) is 0 Å². The van der Waals surface area contributed by atoms with Crippen LogP contribution in [-0.4, -0.2) is 5.92 Å². The summed E-state index contributed by atoms with van der Waals surface area (Å²) in [5.41, 5.74) is 0. The Bertz CT molecular complexity index is 189. The average molecular weight is 218 g/mol. The van der Waals surface area contributed by atoms with E-state index in [1.807, 2.05) is 0 Å². The van der Waals surface area contributed by atoms with Crippen molar-refractivity contribution >= 4 is 0 Å². The molecule has 90 valence electrons. The van der Waals surface area contributed by atoms with Crippen LogP contribution in [0.3, 0.4) is 0 Å². The number of hydrogen-bond acceptors (Lipinski definition) is 0. The molecule has 0 aromatic rings. The molecule has 0 radical (unpaired) electrons. The Morgan fingerprint density at radius 1 is 1.07 bits per heavy atom. The first kappa shape index (κ1) is 12.9. The fourth-order valence-corrected chi connectivity index (χ4v) is 2.96. The van der Waals surface area contributed by atoms with E-state index in [2.05, 4.69) is 13.8 Å². The highest BCUT2D eigenvalue weighted by atomic mass is 19.3. The minimum atomic E-state index is -2.44. The standard InChI is InChI=1S/C13H24F2/c1-4-10-7-8-11(5-2)12(9-10)13(14,15)6-3/h10-12H,4-9H2,1-3H3/t10-,11?,12?/m1/s1. The molecule has 1 aliphatic rings. The molecule has 0 amide bonds. The van der Waals surface area contributed by atoms with Crippen molar-refractivity contribution < 1.29 is 8.78 Å². The zero-order valence-electron chi connectivity index (χ0n) is 10.2. The van der Waals surface area contributed by atoms with Gasteiger partial charge in [0.2, 0.25) is 0 Å². The minimum Gasteiger partial charge on any atom is -0.207 e. The molecular weight excluding hydrogens is 194 g/mol. The van der Waals surface area contributed by atoms with Crippen LogP contribution in [0.15, 0.2) is 0 Å². The molecule has 0 aromatic heterocycles. The van der Waals surface area contributed by atoms with E-state index in [9.17, 15) is 8.78 Å². The Morgan fingerprint density at radius 2 is 1.73 bits per heavy atom. The van der Waals surface area contributed by atoms with Crippen molar-refractivity contribution in [2.45, 2.75) is 65.2 Å². The SMILES string of the molecule is CCC1CC[C@@H](CC)CC1C(F)(F)CC. The van der Waals surface area contributed by atoms with Crippen molar-refractivity contribution in [3.8, 4) is 0 Å². The molecule has 1 rings (SSSR count). The van der Waals surface area contributed by atoms with Crippen LogP contribution in [-0.2, 0) is 0 Å². The highest BCUT2D eigenvalue weighted by Gasteiger charge is 2.44. The molecule has 0 saturated heterocycles. The Kier molecular flexibility index (Phi) is 4.54. The van der Waals surface area contributed by atoms with Gasteiger partial charge in [0.1, 0.15) is 0 Å². The highest BCUT2D eigenvalue weighted by molar-refractivity contribution is 4.87. The second-order valence-electron chi connectivity index (χ2n) is 4.98. The van der Waals surface area contributed by atoms with E-state index in [0.717, 1.165) is 32.1 Å². The molecular formula is C13H24F2. The summed E-state index contributed by atoms with van der Waals surface area (Å²) < 4.78 is 27.6. The highest BCUT2D eigenvalue weighted by Crippen LogP contribution is 2.46. The molecule has 1 fully saturated rings. The van der Waals surface area contributed by atoms with Gasteiger partial charge in [-0.2, -0.15) is 0 Å². The van der Waals surface area contributed by atoms with E-state index in [4.69, 9.17) is 0 Å². The topological polar surface area (TPSA) is 0 Å². The fraction of sp³-hybridized carbons (Fsp3) is 1.00. The molecule has 0 N–H and O–H groups in total. The maximum atomic E-state index is 13.8. The third-order valence-electron chi connectivity index (χ3n) is 4.22. The molecule has 0 nitrogen and oxygen atoms in total. The van der Waals surface area contributed by atoms with Crippen LogP contribution in [0.5, 0.6) is 0 Å². The van der Waals surface area contributed by atoms with Gasteiger partial charge in [0, 0.05) is 12.3 Å². The van der Waals surface area contributed by atoms with Crippen LogP contribution in [0.1, 0.15) is 59.3 Å². The summed E-state index contributed by atoms with van der Waals surface area (Å²) in [5, 5.41) is 0. The smallest absolute Gasteiger partial charge is 0.207 e. The minimum absolute atomic E-state index is 0.00456. The van der Waals surface area contributed by atoms with E-state index in [0.29, 0.717) is 5.92 Å². The van der Waals surface area contributed by atoms with Crippen LogP contribution in [0.4, 0.5) is 8.78 Å². The van der Waals surface area contributed by atoms with E-state index < -0.39 is 5.92 Å². The summed E-state index contributed by atoms with van der Waals surface area (Å²) >= 11 is 0. The number of halogens is 2. The quantitative estimate of drug-likeness (QED) is 0.630. The van der Waals surface area contributed by atoms with Gasteiger partial charge in [-0.05, 0) is 24.7 Å². The maximum Gasteiger partial charge on any atom is 0.250 e. The lowest BCUT2D eigenvalue weighted by Gasteiger charge is -2.39. The first-order valence-electron chi connectivity index (χ1n) is 6.42. The Hall–Kier alpha value is -0.140. The lowest BCUT2D eigenvalue weighted by molar-refractivity contribution is -0.104. The van der Waals surface area contributed by atoms with Gasteiger partial charge in [-0.25, -0.2) is 8.78 Å². The Morgan fingerprint density at radius 3 is 2.20 bits per heavy atom. The van der Waals surface area contributed by atoms with Crippen molar-refractivity contribution in [1.82, 2.24) is 0 Å². The summed E-state index contributed by atoms with van der Waals surface area (Å²) in [4.78, 5) is 0. The van der Waals surface area contributed by atoms with Crippen molar-refractivity contribution in [3.05, 3.63) is 0 Å². The molecule has 2 heteroatoms. The zero-order chi connectivity index (χ0) is 11.5. The van der Waals surface area contributed by atoms with Gasteiger partial charge in [-0.15, -0.1) is 0 Å². The molecule has 1 saturated carbocycles. The monoisotopic (exact) mass is 218 g/mol. The van der Waals surface area contributed by atoms with Crippen LogP contribution in [0, 0.1) is 17.8 Å². The molecule has 0 heterocycles. The van der Waals surface area contributed by atoms with Gasteiger partial charge >= 0.3 is 0 Å². The summed E-state index contributed by atoms with van der Waals surface area (Å²) in [6.07, 6.45) is 4.89. The van der Waals surface area contributed by atoms with Crippen LogP contribution in [0.2, 0.25) is 0 Å². The summed E-state index contributed by atoms with van der Waals surface area (Å²) in [5.74, 6) is -2.00. The molecule has 0 aromatic carbocycles. The largest absolute Gasteiger partial charge is 0.250 e. The Balaban J connectivity index is 2.71. The molecule has 0 aliphatic heterocycles.